The molecule has 0 radical (unpaired) electrons. The smallest absolute Gasteiger partial charge is 0.249 e. The van der Waals surface area contributed by atoms with Gasteiger partial charge in [-0.05, 0) is 63.8 Å². The summed E-state index contributed by atoms with van der Waals surface area (Å²) in [7, 11) is 0. The maximum Gasteiger partial charge on any atom is 0.249 e. The third-order valence-electron chi connectivity index (χ3n) is 6.81. The van der Waals surface area contributed by atoms with E-state index in [4.69, 9.17) is 17.3 Å². The lowest BCUT2D eigenvalue weighted by Crippen LogP contribution is -2.49. The van der Waals surface area contributed by atoms with Gasteiger partial charge in [-0.3, -0.25) is 14.5 Å². The normalized spacial score (nSPS) is 28.9. The summed E-state index contributed by atoms with van der Waals surface area (Å²) in [6, 6.07) is 0. The molecule has 1 amide bonds. The summed E-state index contributed by atoms with van der Waals surface area (Å²) >= 11 is 6.09. The van der Waals surface area contributed by atoms with Crippen molar-refractivity contribution >= 4 is 29.1 Å². The minimum Gasteiger partial charge on any atom is -0.384 e. The summed E-state index contributed by atoms with van der Waals surface area (Å²) in [5.41, 5.74) is 5.11. The molecule has 1 saturated heterocycles. The highest BCUT2D eigenvalue weighted by atomic mass is 35.5. The number of fused-ring (bicyclic) bond motifs is 1. The Hall–Kier alpha value is -1.86. The Balaban J connectivity index is 1.24. The highest BCUT2D eigenvalue weighted by Gasteiger charge is 2.45. The molecule has 4 rings (SSSR count). The van der Waals surface area contributed by atoms with Crippen LogP contribution in [-0.2, 0) is 9.59 Å². The number of amidine groups is 1. The number of Topliss-reactive ketones (excluding diaryl/α,β-unsaturated/α-hetero) is 1. The van der Waals surface area contributed by atoms with Crippen LogP contribution in [0.4, 0.5) is 0 Å². The summed E-state index contributed by atoms with van der Waals surface area (Å²) in [6.07, 6.45) is 7.57. The molecule has 4 aliphatic rings. The predicted molar refractivity (Wildman–Crippen MR) is 113 cm³/mol. The van der Waals surface area contributed by atoms with Crippen molar-refractivity contribution < 1.29 is 9.59 Å². The van der Waals surface area contributed by atoms with Crippen LogP contribution in [0.25, 0.3) is 0 Å². The third-order valence-corrected chi connectivity index (χ3v) is 7.13. The zero-order chi connectivity index (χ0) is 20.8. The maximum atomic E-state index is 12.9. The van der Waals surface area contributed by atoms with Crippen LogP contribution in [0.2, 0.25) is 0 Å². The number of piperidine rings is 1. The van der Waals surface area contributed by atoms with E-state index in [1.807, 2.05) is 6.92 Å². The monoisotopic (exact) mass is 419 g/mol. The zero-order valence-corrected chi connectivity index (χ0v) is 18.0. The van der Waals surface area contributed by atoms with Gasteiger partial charge in [-0.25, -0.2) is 4.99 Å². The summed E-state index contributed by atoms with van der Waals surface area (Å²) < 4.78 is 0. The van der Waals surface area contributed by atoms with Gasteiger partial charge in [-0.2, -0.15) is 0 Å². The number of carbonyl (C=O) groups excluding carboxylic acids is 2. The fourth-order valence-electron chi connectivity index (χ4n) is 4.19. The van der Waals surface area contributed by atoms with Gasteiger partial charge in [0.25, 0.3) is 0 Å². The fourth-order valence-corrected chi connectivity index (χ4v) is 4.36. The molecule has 3 aliphatic heterocycles. The summed E-state index contributed by atoms with van der Waals surface area (Å²) in [5.74, 6) is 1.84. The molecule has 0 aromatic carbocycles. The van der Waals surface area contributed by atoms with Crippen LogP contribution in [0.15, 0.2) is 28.0 Å². The van der Waals surface area contributed by atoms with Gasteiger partial charge in [0.05, 0.1) is 18.1 Å². The lowest BCUT2D eigenvalue weighted by atomic mass is 9.94. The Kier molecular flexibility index (Phi) is 5.23. The van der Waals surface area contributed by atoms with Crippen LogP contribution in [-0.4, -0.2) is 65.6 Å². The molecular formula is C21H30ClN5O2. The number of hydrogen-bond donors (Lipinski definition) is 2. The van der Waals surface area contributed by atoms with Crippen LogP contribution in [0, 0.1) is 11.3 Å². The van der Waals surface area contributed by atoms with Gasteiger partial charge in [0.15, 0.2) is 11.3 Å². The summed E-state index contributed by atoms with van der Waals surface area (Å²) in [4.78, 5) is 33.8. The van der Waals surface area contributed by atoms with Crippen LogP contribution in [0.1, 0.15) is 39.5 Å². The molecule has 158 valence electrons. The van der Waals surface area contributed by atoms with Gasteiger partial charge in [-0.15, -0.1) is 0 Å². The maximum absolute atomic E-state index is 12.9. The van der Waals surface area contributed by atoms with Gasteiger partial charge in [0.1, 0.15) is 11.7 Å². The molecule has 29 heavy (non-hydrogen) atoms. The standard InChI is InChI=1S/C21H30ClN5O2/c1-20(7-8-20)16(28)12-26-9-5-14(6-10-26)11-24-19(29)21(2)13-27-17(25-21)4-3-15(22)18(27)23/h3-4,14H,5-13,23H2,1-2H3,(H,24,29). The molecule has 1 saturated carbocycles. The van der Waals surface area contributed by atoms with Gasteiger partial charge in [0, 0.05) is 12.0 Å². The van der Waals surface area contributed by atoms with Crippen molar-refractivity contribution in [3.05, 3.63) is 23.0 Å². The van der Waals surface area contributed by atoms with E-state index in [1.165, 1.54) is 0 Å². The number of rotatable bonds is 6. The van der Waals surface area contributed by atoms with Crippen molar-refractivity contribution in [3.8, 4) is 0 Å². The van der Waals surface area contributed by atoms with Crippen molar-refractivity contribution in [1.29, 1.82) is 0 Å². The number of likely N-dealkylation sites (tertiary alicyclic amines) is 1. The number of aliphatic imine (C=N–C) groups is 1. The van der Waals surface area contributed by atoms with Crippen LogP contribution in [0.3, 0.4) is 0 Å². The van der Waals surface area contributed by atoms with E-state index in [1.54, 1.807) is 17.1 Å². The molecule has 3 heterocycles. The average molecular weight is 420 g/mol. The number of nitrogens with two attached hydrogens (primary N) is 1. The lowest BCUT2D eigenvalue weighted by molar-refractivity contribution is -0.125. The first-order valence-corrected chi connectivity index (χ1v) is 10.8. The van der Waals surface area contributed by atoms with Crippen molar-refractivity contribution in [2.45, 2.75) is 45.1 Å². The molecule has 8 heteroatoms. The number of ketones is 1. The van der Waals surface area contributed by atoms with Crippen molar-refractivity contribution in [2.75, 3.05) is 32.7 Å². The van der Waals surface area contributed by atoms with E-state index in [-0.39, 0.29) is 11.3 Å². The minimum atomic E-state index is -0.876. The Morgan fingerprint density at radius 1 is 1.28 bits per heavy atom. The largest absolute Gasteiger partial charge is 0.384 e. The first-order chi connectivity index (χ1) is 13.7. The molecule has 0 bridgehead atoms. The highest BCUT2D eigenvalue weighted by molar-refractivity contribution is 6.32. The molecular weight excluding hydrogens is 390 g/mol. The van der Waals surface area contributed by atoms with E-state index in [9.17, 15) is 9.59 Å². The van der Waals surface area contributed by atoms with E-state index in [0.717, 1.165) is 38.8 Å². The second kappa shape index (κ2) is 7.43. The van der Waals surface area contributed by atoms with Gasteiger partial charge in [-0.1, -0.05) is 18.5 Å². The van der Waals surface area contributed by atoms with Gasteiger partial charge >= 0.3 is 0 Å². The van der Waals surface area contributed by atoms with Crippen LogP contribution < -0.4 is 11.1 Å². The van der Waals surface area contributed by atoms with Gasteiger partial charge in [0.2, 0.25) is 5.91 Å². The Labute approximate surface area is 177 Å². The second-order valence-corrected chi connectivity index (χ2v) is 9.72. The van der Waals surface area contributed by atoms with Crippen molar-refractivity contribution in [1.82, 2.24) is 15.1 Å². The number of allylic oxidation sites excluding steroid dienone is 2. The van der Waals surface area contributed by atoms with Gasteiger partial charge < -0.3 is 16.0 Å². The van der Waals surface area contributed by atoms with Crippen LogP contribution >= 0.6 is 11.6 Å². The second-order valence-electron chi connectivity index (χ2n) is 9.31. The van der Waals surface area contributed by atoms with E-state index in [0.29, 0.717) is 48.0 Å². The van der Waals surface area contributed by atoms with E-state index in [2.05, 4.69) is 22.1 Å². The van der Waals surface area contributed by atoms with Crippen LogP contribution in [0.5, 0.6) is 0 Å². The SMILES string of the molecule is CC1(C(=O)CN2CCC(CNC(=O)C3(C)CN4C(=N3)C=CC(Cl)=C4N)CC2)CC1. The summed E-state index contributed by atoms with van der Waals surface area (Å²) in [6.45, 7) is 7.34. The molecule has 1 atom stereocenters. The van der Waals surface area contributed by atoms with Crippen molar-refractivity contribution in [3.63, 3.8) is 0 Å². The molecule has 0 aromatic rings. The predicted octanol–water partition coefficient (Wildman–Crippen LogP) is 1.59. The topological polar surface area (TPSA) is 91.0 Å². The highest BCUT2D eigenvalue weighted by Crippen LogP contribution is 2.46. The van der Waals surface area contributed by atoms with Crippen molar-refractivity contribution in [2.24, 2.45) is 22.1 Å². The number of halogens is 1. The molecule has 0 aromatic heterocycles. The fraction of sp³-hybridized carbons (Fsp3) is 0.667. The molecule has 1 aliphatic carbocycles. The minimum absolute atomic E-state index is 0.0474. The molecule has 7 nitrogen and oxygen atoms in total. The third kappa shape index (κ3) is 4.08. The first kappa shape index (κ1) is 20.4. The quantitative estimate of drug-likeness (QED) is 0.682. The number of carbonyl (C=O) groups is 2. The Bertz CT molecular complexity index is 808. The number of amides is 1. The summed E-state index contributed by atoms with van der Waals surface area (Å²) in [5, 5.41) is 3.56. The van der Waals surface area contributed by atoms with E-state index >= 15 is 0 Å². The number of nitrogens with one attached hydrogen (secondary N) is 1. The number of hydrogen-bond acceptors (Lipinski definition) is 6. The Morgan fingerprint density at radius 2 is 1.97 bits per heavy atom. The average Bonchev–Trinajstić information content (AvgIpc) is 3.35. The first-order valence-electron chi connectivity index (χ1n) is 10.4. The Morgan fingerprint density at radius 3 is 2.62 bits per heavy atom. The zero-order valence-electron chi connectivity index (χ0n) is 17.2. The molecule has 1 unspecified atom stereocenters. The molecule has 2 fully saturated rings. The molecule has 3 N–H and O–H groups in total. The number of nitrogens with zero attached hydrogens (tertiary/aromatic N) is 3. The molecule has 0 spiro atoms. The van der Waals surface area contributed by atoms with E-state index < -0.39 is 5.54 Å². The lowest BCUT2D eigenvalue weighted by Gasteiger charge is -2.32.